The maximum absolute atomic E-state index is 10.9. The highest BCUT2D eigenvalue weighted by Crippen LogP contribution is 2.01. The lowest BCUT2D eigenvalue weighted by molar-refractivity contribution is -0.145. The summed E-state index contributed by atoms with van der Waals surface area (Å²) in [7, 11) is 3.24. The van der Waals surface area contributed by atoms with Crippen molar-refractivity contribution in [1.29, 1.82) is 0 Å². The van der Waals surface area contributed by atoms with Crippen LogP contribution in [0.2, 0.25) is 0 Å². The molecule has 0 amide bonds. The molecule has 0 bridgehead atoms. The molecule has 1 unspecified atom stereocenters. The Kier molecular flexibility index (Phi) is 4.94. The summed E-state index contributed by atoms with van der Waals surface area (Å²) in [4.78, 5) is 10.9. The summed E-state index contributed by atoms with van der Waals surface area (Å²) >= 11 is 0. The molecule has 0 aromatic carbocycles. The molecule has 3 nitrogen and oxygen atoms in total. The lowest BCUT2D eigenvalue weighted by atomic mass is 10.1. The number of nitrogens with one attached hydrogen (secondary N) is 1. The number of methoxy groups -OCH3 is 1. The van der Waals surface area contributed by atoms with E-state index >= 15 is 0 Å². The van der Waals surface area contributed by atoms with Gasteiger partial charge in [-0.15, -0.1) is 0 Å². The van der Waals surface area contributed by atoms with Crippen LogP contribution in [0.3, 0.4) is 0 Å². The summed E-state index contributed by atoms with van der Waals surface area (Å²) in [5, 5.41) is 2.93. The normalized spacial score (nSPS) is 12.7. The Morgan fingerprint density at radius 2 is 2.30 bits per heavy atom. The van der Waals surface area contributed by atoms with Crippen molar-refractivity contribution in [3.8, 4) is 0 Å². The standard InChI is InChI=1S/C7H15NO2/c1-4-6(5-8-2)7(9)10-3/h6,8H,4-5H2,1-3H3. The zero-order valence-corrected chi connectivity index (χ0v) is 6.81. The van der Waals surface area contributed by atoms with Crippen LogP contribution in [0.5, 0.6) is 0 Å². The Morgan fingerprint density at radius 1 is 1.70 bits per heavy atom. The first-order valence-corrected chi connectivity index (χ1v) is 3.48. The maximum Gasteiger partial charge on any atom is 0.309 e. The highest BCUT2D eigenvalue weighted by Gasteiger charge is 2.14. The highest BCUT2D eigenvalue weighted by molar-refractivity contribution is 5.72. The van der Waals surface area contributed by atoms with Crippen molar-refractivity contribution < 1.29 is 9.53 Å². The van der Waals surface area contributed by atoms with Gasteiger partial charge in [0.05, 0.1) is 13.0 Å². The van der Waals surface area contributed by atoms with Gasteiger partial charge in [0.1, 0.15) is 0 Å². The third kappa shape index (κ3) is 2.82. The van der Waals surface area contributed by atoms with E-state index in [-0.39, 0.29) is 11.9 Å². The molecule has 0 fully saturated rings. The van der Waals surface area contributed by atoms with Crippen LogP contribution in [0, 0.1) is 5.92 Å². The topological polar surface area (TPSA) is 38.3 Å². The third-order valence-electron chi connectivity index (χ3n) is 1.48. The second kappa shape index (κ2) is 5.23. The Hall–Kier alpha value is -0.570. The molecule has 0 saturated heterocycles. The molecular formula is C7H15NO2. The predicted molar refractivity (Wildman–Crippen MR) is 39.7 cm³/mol. The van der Waals surface area contributed by atoms with E-state index in [1.54, 1.807) is 0 Å². The zero-order chi connectivity index (χ0) is 7.98. The fourth-order valence-corrected chi connectivity index (χ4v) is 0.807. The number of rotatable bonds is 4. The van der Waals surface area contributed by atoms with Crippen LogP contribution in [0.25, 0.3) is 0 Å². The van der Waals surface area contributed by atoms with E-state index in [0.29, 0.717) is 6.54 Å². The molecule has 0 rings (SSSR count). The fraction of sp³-hybridized carbons (Fsp3) is 0.857. The summed E-state index contributed by atoms with van der Waals surface area (Å²) in [5.41, 5.74) is 0. The van der Waals surface area contributed by atoms with Gasteiger partial charge in [-0.25, -0.2) is 0 Å². The number of esters is 1. The fourth-order valence-electron chi connectivity index (χ4n) is 0.807. The molecular weight excluding hydrogens is 130 g/mol. The summed E-state index contributed by atoms with van der Waals surface area (Å²) in [6, 6.07) is 0. The van der Waals surface area contributed by atoms with Crippen molar-refractivity contribution in [3.63, 3.8) is 0 Å². The molecule has 0 heterocycles. The summed E-state index contributed by atoms with van der Waals surface area (Å²) in [5.74, 6) is -0.119. The molecule has 0 saturated carbocycles. The molecule has 1 atom stereocenters. The van der Waals surface area contributed by atoms with Gasteiger partial charge < -0.3 is 10.1 Å². The molecule has 0 aliphatic rings. The third-order valence-corrected chi connectivity index (χ3v) is 1.48. The Morgan fingerprint density at radius 3 is 2.60 bits per heavy atom. The summed E-state index contributed by atoms with van der Waals surface area (Å²) in [6.07, 6.45) is 0.827. The van der Waals surface area contributed by atoms with E-state index in [4.69, 9.17) is 0 Å². The van der Waals surface area contributed by atoms with E-state index < -0.39 is 0 Å². The lowest BCUT2D eigenvalue weighted by Gasteiger charge is -2.10. The molecule has 1 N–H and O–H groups in total. The van der Waals surface area contributed by atoms with Gasteiger partial charge in [-0.3, -0.25) is 4.79 Å². The Bertz CT molecular complexity index is 104. The second-order valence-corrected chi connectivity index (χ2v) is 2.19. The van der Waals surface area contributed by atoms with E-state index in [1.165, 1.54) is 7.11 Å². The number of carbonyl (C=O) groups excluding carboxylic acids is 1. The van der Waals surface area contributed by atoms with Gasteiger partial charge in [-0.1, -0.05) is 6.92 Å². The molecule has 0 aromatic heterocycles. The van der Waals surface area contributed by atoms with E-state index in [9.17, 15) is 4.79 Å². The minimum atomic E-state index is -0.128. The molecule has 10 heavy (non-hydrogen) atoms. The average Bonchev–Trinajstić information content (AvgIpc) is 1.99. The highest BCUT2D eigenvalue weighted by atomic mass is 16.5. The van der Waals surface area contributed by atoms with Gasteiger partial charge >= 0.3 is 5.97 Å². The van der Waals surface area contributed by atoms with Crippen LogP contribution >= 0.6 is 0 Å². The molecule has 0 aromatic rings. The van der Waals surface area contributed by atoms with Crippen LogP contribution in [0.4, 0.5) is 0 Å². The van der Waals surface area contributed by atoms with Crippen LogP contribution < -0.4 is 5.32 Å². The number of carbonyl (C=O) groups is 1. The monoisotopic (exact) mass is 145 g/mol. The molecule has 60 valence electrons. The molecule has 0 radical (unpaired) electrons. The van der Waals surface area contributed by atoms with Gasteiger partial charge in [0.25, 0.3) is 0 Å². The van der Waals surface area contributed by atoms with Crippen molar-refractivity contribution in [1.82, 2.24) is 5.32 Å². The van der Waals surface area contributed by atoms with E-state index in [2.05, 4.69) is 10.1 Å². The van der Waals surface area contributed by atoms with Crippen molar-refractivity contribution in [2.75, 3.05) is 20.7 Å². The SMILES string of the molecule is CCC(CNC)C(=O)OC. The summed E-state index contributed by atoms with van der Waals surface area (Å²) < 4.78 is 4.58. The number of hydrogen-bond donors (Lipinski definition) is 1. The average molecular weight is 145 g/mol. The molecule has 3 heteroatoms. The first kappa shape index (κ1) is 9.43. The lowest BCUT2D eigenvalue weighted by Crippen LogP contribution is -2.26. The smallest absolute Gasteiger partial charge is 0.309 e. The van der Waals surface area contributed by atoms with Gasteiger partial charge in [0.15, 0.2) is 0 Å². The molecule has 0 spiro atoms. The number of ether oxygens (including phenoxy) is 1. The maximum atomic E-state index is 10.9. The first-order valence-electron chi connectivity index (χ1n) is 3.48. The van der Waals surface area contributed by atoms with Crippen molar-refractivity contribution >= 4 is 5.97 Å². The first-order chi connectivity index (χ1) is 4.76. The Balaban J connectivity index is 3.68. The molecule has 0 aliphatic heterocycles. The molecule has 0 aliphatic carbocycles. The van der Waals surface area contributed by atoms with E-state index in [0.717, 1.165) is 6.42 Å². The quantitative estimate of drug-likeness (QED) is 0.582. The van der Waals surface area contributed by atoms with Gasteiger partial charge in [-0.05, 0) is 13.5 Å². The van der Waals surface area contributed by atoms with Crippen LogP contribution in [-0.4, -0.2) is 26.7 Å². The van der Waals surface area contributed by atoms with E-state index in [1.807, 2.05) is 14.0 Å². The van der Waals surface area contributed by atoms with Gasteiger partial charge in [-0.2, -0.15) is 0 Å². The second-order valence-electron chi connectivity index (χ2n) is 2.19. The largest absolute Gasteiger partial charge is 0.469 e. The van der Waals surface area contributed by atoms with Crippen LogP contribution in [-0.2, 0) is 9.53 Å². The van der Waals surface area contributed by atoms with Crippen molar-refractivity contribution in [2.24, 2.45) is 5.92 Å². The Labute approximate surface area is 61.8 Å². The van der Waals surface area contributed by atoms with Crippen molar-refractivity contribution in [3.05, 3.63) is 0 Å². The predicted octanol–water partition coefficient (Wildman–Crippen LogP) is 0.405. The van der Waals surface area contributed by atoms with Crippen LogP contribution in [0.1, 0.15) is 13.3 Å². The van der Waals surface area contributed by atoms with Gasteiger partial charge in [0.2, 0.25) is 0 Å². The van der Waals surface area contributed by atoms with Gasteiger partial charge in [0, 0.05) is 6.54 Å². The zero-order valence-electron chi connectivity index (χ0n) is 6.81. The number of hydrogen-bond acceptors (Lipinski definition) is 3. The minimum Gasteiger partial charge on any atom is -0.469 e. The minimum absolute atomic E-state index is 0.00926. The summed E-state index contributed by atoms with van der Waals surface area (Å²) in [6.45, 7) is 2.67. The van der Waals surface area contributed by atoms with Crippen LogP contribution in [0.15, 0.2) is 0 Å². The van der Waals surface area contributed by atoms with Crippen molar-refractivity contribution in [2.45, 2.75) is 13.3 Å².